The number of rotatable bonds is 3. The molecule has 6 heteroatoms. The van der Waals surface area contributed by atoms with E-state index in [0.29, 0.717) is 18.8 Å². The number of nitrogens with one attached hydrogen (secondary N) is 1. The van der Waals surface area contributed by atoms with E-state index >= 15 is 0 Å². The lowest BCUT2D eigenvalue weighted by molar-refractivity contribution is 0.0729. The molecule has 1 amide bonds. The van der Waals surface area contributed by atoms with Gasteiger partial charge in [0.15, 0.2) is 5.69 Å². The zero-order valence-electron chi connectivity index (χ0n) is 13.8. The number of carbonyl (C=O) groups excluding carboxylic acids is 1. The highest BCUT2D eigenvalue weighted by atomic mass is 16.2. The minimum Gasteiger partial charge on any atom is -0.335 e. The van der Waals surface area contributed by atoms with Crippen LogP contribution in [0.3, 0.4) is 0 Å². The highest BCUT2D eigenvalue weighted by Gasteiger charge is 2.22. The average Bonchev–Trinajstić information content (AvgIpc) is 3.15. The van der Waals surface area contributed by atoms with Gasteiger partial charge in [-0.2, -0.15) is 5.10 Å². The van der Waals surface area contributed by atoms with Gasteiger partial charge in [-0.05, 0) is 30.3 Å². The fourth-order valence-corrected chi connectivity index (χ4v) is 3.01. The Bertz CT molecular complexity index is 797. The van der Waals surface area contributed by atoms with Gasteiger partial charge in [-0.1, -0.05) is 18.2 Å². The van der Waals surface area contributed by atoms with E-state index in [-0.39, 0.29) is 5.91 Å². The number of benzene rings is 1. The van der Waals surface area contributed by atoms with E-state index in [1.54, 1.807) is 12.4 Å². The number of aromatic nitrogens is 3. The molecule has 3 heterocycles. The molecule has 1 N–H and O–H groups in total. The zero-order valence-corrected chi connectivity index (χ0v) is 13.8. The van der Waals surface area contributed by atoms with Crippen LogP contribution in [0.25, 0.3) is 16.9 Å². The van der Waals surface area contributed by atoms with Crippen LogP contribution >= 0.6 is 0 Å². The quantitative estimate of drug-likeness (QED) is 0.796. The molecule has 0 aliphatic carbocycles. The smallest absolute Gasteiger partial charge is 0.274 e. The maximum atomic E-state index is 12.8. The molecule has 4 rings (SSSR count). The van der Waals surface area contributed by atoms with Crippen molar-refractivity contribution < 1.29 is 4.79 Å². The molecule has 6 nitrogen and oxygen atoms in total. The van der Waals surface area contributed by atoms with E-state index < -0.39 is 0 Å². The number of para-hydroxylation sites is 1. The first-order valence-corrected chi connectivity index (χ1v) is 8.39. The molecular formula is C19H19N5O. The zero-order chi connectivity index (χ0) is 17.1. The van der Waals surface area contributed by atoms with Gasteiger partial charge in [-0.15, -0.1) is 0 Å². The van der Waals surface area contributed by atoms with Crippen molar-refractivity contribution >= 4 is 5.91 Å². The first-order chi connectivity index (χ1) is 12.3. The Balaban J connectivity index is 1.77. The Hall–Kier alpha value is -2.99. The molecular weight excluding hydrogens is 314 g/mol. The summed E-state index contributed by atoms with van der Waals surface area (Å²) in [7, 11) is 0. The molecule has 1 aliphatic heterocycles. The third-order valence-corrected chi connectivity index (χ3v) is 4.31. The summed E-state index contributed by atoms with van der Waals surface area (Å²) in [6, 6.07) is 15.6. The van der Waals surface area contributed by atoms with Crippen molar-refractivity contribution in [2.45, 2.75) is 0 Å². The molecule has 0 saturated carbocycles. The lowest BCUT2D eigenvalue weighted by atomic mass is 10.1. The van der Waals surface area contributed by atoms with E-state index in [1.165, 1.54) is 0 Å². The highest BCUT2D eigenvalue weighted by Crippen LogP contribution is 2.24. The van der Waals surface area contributed by atoms with Gasteiger partial charge in [0.2, 0.25) is 0 Å². The summed E-state index contributed by atoms with van der Waals surface area (Å²) in [5.41, 5.74) is 3.25. The van der Waals surface area contributed by atoms with Gasteiger partial charge < -0.3 is 10.2 Å². The maximum Gasteiger partial charge on any atom is 0.274 e. The van der Waals surface area contributed by atoms with Crippen LogP contribution in [-0.4, -0.2) is 51.8 Å². The fraction of sp³-hybridized carbons (Fsp3) is 0.211. The van der Waals surface area contributed by atoms with E-state index in [2.05, 4.69) is 15.4 Å². The van der Waals surface area contributed by atoms with Crippen LogP contribution in [0.2, 0.25) is 0 Å². The second kappa shape index (κ2) is 6.86. The molecule has 0 atom stereocenters. The van der Waals surface area contributed by atoms with Crippen LogP contribution in [0, 0.1) is 0 Å². The molecule has 0 spiro atoms. The number of nitrogens with zero attached hydrogens (tertiary/aromatic N) is 4. The molecule has 0 radical (unpaired) electrons. The van der Waals surface area contributed by atoms with Gasteiger partial charge in [0, 0.05) is 44.1 Å². The summed E-state index contributed by atoms with van der Waals surface area (Å²) in [5.74, 6) is -0.0218. The second-order valence-electron chi connectivity index (χ2n) is 5.94. The van der Waals surface area contributed by atoms with Crippen LogP contribution in [0.4, 0.5) is 0 Å². The van der Waals surface area contributed by atoms with Gasteiger partial charge in [0.05, 0.1) is 11.4 Å². The lowest BCUT2D eigenvalue weighted by Gasteiger charge is -2.26. The van der Waals surface area contributed by atoms with E-state index in [1.807, 2.05) is 58.1 Å². The van der Waals surface area contributed by atoms with Crippen molar-refractivity contribution in [2.24, 2.45) is 0 Å². The van der Waals surface area contributed by atoms with E-state index in [9.17, 15) is 4.79 Å². The topological polar surface area (TPSA) is 63.1 Å². The first kappa shape index (κ1) is 15.5. The van der Waals surface area contributed by atoms with Crippen LogP contribution in [0.15, 0.2) is 60.9 Å². The molecule has 1 saturated heterocycles. The third-order valence-electron chi connectivity index (χ3n) is 4.31. The highest BCUT2D eigenvalue weighted by molar-refractivity contribution is 5.93. The maximum absolute atomic E-state index is 12.8. The van der Waals surface area contributed by atoms with Crippen molar-refractivity contribution in [3.8, 4) is 16.9 Å². The SMILES string of the molecule is O=C(c1cc(-c2ccncc2)n(-c2ccccc2)n1)N1CCNCC1. The largest absolute Gasteiger partial charge is 0.335 e. The van der Waals surface area contributed by atoms with E-state index in [4.69, 9.17) is 0 Å². The Morgan fingerprint density at radius 1 is 1.00 bits per heavy atom. The number of carbonyl (C=O) groups is 1. The number of piperazine rings is 1. The molecule has 1 aromatic carbocycles. The summed E-state index contributed by atoms with van der Waals surface area (Å²) in [5, 5.41) is 7.88. The minimum atomic E-state index is -0.0218. The Kier molecular flexibility index (Phi) is 4.26. The van der Waals surface area contributed by atoms with Crippen molar-refractivity contribution in [1.29, 1.82) is 0 Å². The molecule has 1 fully saturated rings. The molecule has 0 bridgehead atoms. The number of pyridine rings is 1. The second-order valence-corrected chi connectivity index (χ2v) is 5.94. The van der Waals surface area contributed by atoms with Gasteiger partial charge in [-0.3, -0.25) is 9.78 Å². The van der Waals surface area contributed by atoms with Gasteiger partial charge >= 0.3 is 0 Å². The predicted octanol–water partition coefficient (Wildman–Crippen LogP) is 1.98. The minimum absolute atomic E-state index is 0.0218. The summed E-state index contributed by atoms with van der Waals surface area (Å²) in [6.45, 7) is 3.06. The number of hydrogen-bond acceptors (Lipinski definition) is 4. The van der Waals surface area contributed by atoms with Crippen molar-refractivity contribution in [1.82, 2.24) is 25.0 Å². The van der Waals surface area contributed by atoms with Crippen LogP contribution in [-0.2, 0) is 0 Å². The third kappa shape index (κ3) is 3.16. The molecule has 3 aromatic rings. The fourth-order valence-electron chi connectivity index (χ4n) is 3.01. The van der Waals surface area contributed by atoms with Crippen LogP contribution < -0.4 is 5.32 Å². The predicted molar refractivity (Wildman–Crippen MR) is 95.6 cm³/mol. The summed E-state index contributed by atoms with van der Waals surface area (Å²) in [4.78, 5) is 18.8. The van der Waals surface area contributed by atoms with Gasteiger partial charge in [-0.25, -0.2) is 4.68 Å². The summed E-state index contributed by atoms with van der Waals surface area (Å²) in [6.07, 6.45) is 3.49. The molecule has 25 heavy (non-hydrogen) atoms. The summed E-state index contributed by atoms with van der Waals surface area (Å²) >= 11 is 0. The van der Waals surface area contributed by atoms with Crippen molar-refractivity contribution in [3.05, 3.63) is 66.6 Å². The number of hydrogen-bond donors (Lipinski definition) is 1. The Labute approximate surface area is 146 Å². The van der Waals surface area contributed by atoms with Crippen LogP contribution in [0.5, 0.6) is 0 Å². The summed E-state index contributed by atoms with van der Waals surface area (Å²) < 4.78 is 1.82. The van der Waals surface area contributed by atoms with Gasteiger partial charge in [0.1, 0.15) is 0 Å². The Morgan fingerprint density at radius 3 is 2.44 bits per heavy atom. The van der Waals surface area contributed by atoms with Crippen molar-refractivity contribution in [2.75, 3.05) is 26.2 Å². The van der Waals surface area contributed by atoms with Crippen LogP contribution in [0.1, 0.15) is 10.5 Å². The normalized spacial score (nSPS) is 14.5. The average molecular weight is 333 g/mol. The first-order valence-electron chi connectivity index (χ1n) is 8.39. The van der Waals surface area contributed by atoms with E-state index in [0.717, 1.165) is 30.0 Å². The lowest BCUT2D eigenvalue weighted by Crippen LogP contribution is -2.46. The monoisotopic (exact) mass is 333 g/mol. The van der Waals surface area contributed by atoms with Crippen molar-refractivity contribution in [3.63, 3.8) is 0 Å². The molecule has 2 aromatic heterocycles. The molecule has 0 unspecified atom stereocenters. The standard InChI is InChI=1S/C19H19N5O/c25-19(23-12-10-21-11-13-23)17-14-18(15-6-8-20-9-7-15)24(22-17)16-4-2-1-3-5-16/h1-9,14,21H,10-13H2. The molecule has 126 valence electrons. The Morgan fingerprint density at radius 2 is 1.72 bits per heavy atom. The number of amides is 1. The van der Waals surface area contributed by atoms with Gasteiger partial charge in [0.25, 0.3) is 5.91 Å². The molecule has 1 aliphatic rings.